The van der Waals surface area contributed by atoms with Crippen molar-refractivity contribution in [3.05, 3.63) is 34.4 Å². The van der Waals surface area contributed by atoms with E-state index in [9.17, 15) is 5.11 Å². The van der Waals surface area contributed by atoms with Crippen LogP contribution in [-0.4, -0.2) is 5.11 Å². The van der Waals surface area contributed by atoms with Gasteiger partial charge in [-0.1, -0.05) is 65.5 Å². The Hall–Kier alpha value is -0.820. The second-order valence-corrected chi connectivity index (χ2v) is 6.94. The van der Waals surface area contributed by atoms with Crippen LogP contribution in [-0.2, 0) is 19.3 Å². The topological polar surface area (TPSA) is 20.2 Å². The minimum atomic E-state index is -0.279. The number of benzene rings is 1. The van der Waals surface area contributed by atoms with Crippen LogP contribution in [0.15, 0.2) is 12.1 Å². The van der Waals surface area contributed by atoms with Crippen molar-refractivity contribution in [1.29, 1.82) is 0 Å². The molecule has 1 heteroatoms. The molecule has 1 nitrogen and oxygen atoms in total. The molecule has 0 aliphatic rings. The third-order valence-electron chi connectivity index (χ3n) is 4.72. The van der Waals surface area contributed by atoms with Gasteiger partial charge in [-0.2, -0.15) is 0 Å². The quantitative estimate of drug-likeness (QED) is 0.463. The van der Waals surface area contributed by atoms with E-state index in [1.165, 1.54) is 67.2 Å². The molecule has 0 spiro atoms. The molecule has 1 aromatic carbocycles. The van der Waals surface area contributed by atoms with E-state index >= 15 is 0 Å². The molecule has 0 aliphatic heterocycles. The number of hydrogen-bond donors (Lipinski definition) is 1. The highest BCUT2D eigenvalue weighted by Gasteiger charge is 2.17. The number of aliphatic hydroxyl groups excluding tert-OH is 1. The molecule has 0 bridgehead atoms. The highest BCUT2D eigenvalue weighted by Crippen LogP contribution is 2.30. The summed E-state index contributed by atoms with van der Waals surface area (Å²) in [6, 6.07) is 4.80. The monoisotopic (exact) mass is 318 g/mol. The first-order chi connectivity index (χ1) is 11.2. The van der Waals surface area contributed by atoms with Crippen LogP contribution in [0.1, 0.15) is 107 Å². The summed E-state index contributed by atoms with van der Waals surface area (Å²) in [6.45, 7) is 8.92. The van der Waals surface area contributed by atoms with Gasteiger partial charge in [0.2, 0.25) is 0 Å². The first kappa shape index (κ1) is 20.2. The smallest absolute Gasteiger partial charge is 0.0795 e. The Bertz CT molecular complexity index is 407. The van der Waals surface area contributed by atoms with Crippen molar-refractivity contribution in [2.24, 2.45) is 0 Å². The first-order valence-corrected chi connectivity index (χ1v) is 10.00. The van der Waals surface area contributed by atoms with Crippen molar-refractivity contribution in [2.45, 2.75) is 104 Å². The molecule has 0 amide bonds. The van der Waals surface area contributed by atoms with Crippen molar-refractivity contribution in [2.75, 3.05) is 0 Å². The molecule has 23 heavy (non-hydrogen) atoms. The zero-order chi connectivity index (χ0) is 17.1. The van der Waals surface area contributed by atoms with Gasteiger partial charge in [-0.25, -0.2) is 0 Å². The van der Waals surface area contributed by atoms with E-state index in [2.05, 4.69) is 39.8 Å². The molecule has 0 fully saturated rings. The lowest BCUT2D eigenvalue weighted by Crippen LogP contribution is -2.09. The van der Waals surface area contributed by atoms with Gasteiger partial charge in [0.1, 0.15) is 0 Å². The van der Waals surface area contributed by atoms with Gasteiger partial charge in [0, 0.05) is 0 Å². The van der Waals surface area contributed by atoms with E-state index in [0.717, 1.165) is 25.7 Å². The summed E-state index contributed by atoms with van der Waals surface area (Å²) in [5.41, 5.74) is 5.60. The third kappa shape index (κ3) is 6.67. The second kappa shape index (κ2) is 11.7. The van der Waals surface area contributed by atoms with Crippen LogP contribution >= 0.6 is 0 Å². The summed E-state index contributed by atoms with van der Waals surface area (Å²) < 4.78 is 0. The van der Waals surface area contributed by atoms with Crippen molar-refractivity contribution < 1.29 is 5.11 Å². The zero-order valence-corrected chi connectivity index (χ0v) is 16.0. The van der Waals surface area contributed by atoms with Crippen molar-refractivity contribution in [3.63, 3.8) is 0 Å². The Morgan fingerprint density at radius 1 is 0.739 bits per heavy atom. The number of aliphatic hydroxyl groups is 1. The molecular formula is C22H38O. The summed E-state index contributed by atoms with van der Waals surface area (Å²) in [6.07, 6.45) is 12.4. The van der Waals surface area contributed by atoms with Gasteiger partial charge in [0.05, 0.1) is 6.10 Å². The van der Waals surface area contributed by atoms with E-state index in [4.69, 9.17) is 0 Å². The normalized spacial score (nSPS) is 12.6. The van der Waals surface area contributed by atoms with Crippen LogP contribution in [0.5, 0.6) is 0 Å². The fourth-order valence-electron chi connectivity index (χ4n) is 3.37. The summed E-state index contributed by atoms with van der Waals surface area (Å²) >= 11 is 0. The van der Waals surface area contributed by atoms with Gasteiger partial charge in [-0.3, -0.25) is 0 Å². The summed E-state index contributed by atoms with van der Waals surface area (Å²) in [5, 5.41) is 10.7. The largest absolute Gasteiger partial charge is 0.388 e. The van der Waals surface area contributed by atoms with E-state index in [1.54, 1.807) is 0 Å². The Labute approximate surface area is 144 Å². The lowest BCUT2D eigenvalue weighted by atomic mass is 9.86. The second-order valence-electron chi connectivity index (χ2n) is 6.94. The van der Waals surface area contributed by atoms with Gasteiger partial charge < -0.3 is 5.11 Å². The summed E-state index contributed by atoms with van der Waals surface area (Å²) in [7, 11) is 0. The van der Waals surface area contributed by atoms with Crippen LogP contribution in [0.3, 0.4) is 0 Å². The minimum absolute atomic E-state index is 0.279. The van der Waals surface area contributed by atoms with Gasteiger partial charge in [-0.15, -0.1) is 0 Å². The molecule has 0 aromatic heterocycles. The lowest BCUT2D eigenvalue weighted by Gasteiger charge is -2.22. The van der Waals surface area contributed by atoms with Gasteiger partial charge in [-0.05, 0) is 67.2 Å². The highest BCUT2D eigenvalue weighted by molar-refractivity contribution is 5.41. The van der Waals surface area contributed by atoms with E-state index < -0.39 is 0 Å². The fraction of sp³-hybridized carbons (Fsp3) is 0.727. The number of hydrogen-bond acceptors (Lipinski definition) is 1. The van der Waals surface area contributed by atoms with Crippen LogP contribution in [0.4, 0.5) is 0 Å². The Morgan fingerprint density at radius 3 is 1.65 bits per heavy atom. The zero-order valence-electron chi connectivity index (χ0n) is 16.0. The molecule has 0 heterocycles. The molecule has 0 saturated carbocycles. The molecular weight excluding hydrogens is 280 g/mol. The SMILES string of the molecule is CCCCc1cc(CCCC)c(C(O)CCC)c(CCCC)c1. The highest BCUT2D eigenvalue weighted by atomic mass is 16.3. The standard InChI is InChI=1S/C22H38O/c1-5-9-13-18-16-19(14-10-6-2)22(21(23)12-8-4)20(17-18)15-11-7-3/h16-17,21,23H,5-15H2,1-4H3. The average molecular weight is 319 g/mol. The molecule has 1 N–H and O–H groups in total. The van der Waals surface area contributed by atoms with Gasteiger partial charge in [0.15, 0.2) is 0 Å². The van der Waals surface area contributed by atoms with Crippen LogP contribution < -0.4 is 0 Å². The van der Waals surface area contributed by atoms with Crippen LogP contribution in [0.2, 0.25) is 0 Å². The van der Waals surface area contributed by atoms with Crippen molar-refractivity contribution in [3.8, 4) is 0 Å². The number of rotatable bonds is 12. The number of unbranched alkanes of at least 4 members (excludes halogenated alkanes) is 3. The molecule has 1 aromatic rings. The van der Waals surface area contributed by atoms with Crippen LogP contribution in [0, 0.1) is 0 Å². The maximum absolute atomic E-state index is 10.7. The predicted octanol–water partition coefficient (Wildman–Crippen LogP) is 6.55. The molecule has 132 valence electrons. The first-order valence-electron chi connectivity index (χ1n) is 10.00. The van der Waals surface area contributed by atoms with Gasteiger partial charge >= 0.3 is 0 Å². The van der Waals surface area contributed by atoms with Crippen molar-refractivity contribution in [1.82, 2.24) is 0 Å². The molecule has 0 radical (unpaired) electrons. The molecule has 1 unspecified atom stereocenters. The number of aryl methyl sites for hydroxylation is 3. The third-order valence-corrected chi connectivity index (χ3v) is 4.72. The lowest BCUT2D eigenvalue weighted by molar-refractivity contribution is 0.164. The molecule has 0 saturated heterocycles. The summed E-state index contributed by atoms with van der Waals surface area (Å²) in [4.78, 5) is 0. The predicted molar refractivity (Wildman–Crippen MR) is 102 cm³/mol. The maximum atomic E-state index is 10.7. The minimum Gasteiger partial charge on any atom is -0.388 e. The van der Waals surface area contributed by atoms with E-state index in [-0.39, 0.29) is 6.10 Å². The summed E-state index contributed by atoms with van der Waals surface area (Å²) in [5.74, 6) is 0. The average Bonchev–Trinajstić information content (AvgIpc) is 2.55. The van der Waals surface area contributed by atoms with Gasteiger partial charge in [0.25, 0.3) is 0 Å². The molecule has 1 atom stereocenters. The van der Waals surface area contributed by atoms with Crippen LogP contribution in [0.25, 0.3) is 0 Å². The molecule has 0 aliphatic carbocycles. The van der Waals surface area contributed by atoms with E-state index in [0.29, 0.717) is 0 Å². The van der Waals surface area contributed by atoms with Crippen molar-refractivity contribution >= 4 is 0 Å². The maximum Gasteiger partial charge on any atom is 0.0795 e. The Morgan fingerprint density at radius 2 is 1.22 bits per heavy atom. The Kier molecular flexibility index (Phi) is 10.3. The molecule has 1 rings (SSSR count). The Balaban J connectivity index is 3.20. The fourth-order valence-corrected chi connectivity index (χ4v) is 3.37. The van der Waals surface area contributed by atoms with E-state index in [1.807, 2.05) is 0 Å².